The number of esters is 1. The topological polar surface area (TPSA) is 72.8 Å². The van der Waals surface area contributed by atoms with E-state index in [0.717, 1.165) is 5.13 Å². The second kappa shape index (κ2) is 6.76. The maximum atomic E-state index is 11.7. The number of ether oxygens (including phenoxy) is 1. The first-order valence-corrected chi connectivity index (χ1v) is 7.66. The van der Waals surface area contributed by atoms with Crippen molar-refractivity contribution in [3.63, 3.8) is 0 Å². The van der Waals surface area contributed by atoms with Crippen molar-refractivity contribution < 1.29 is 14.4 Å². The summed E-state index contributed by atoms with van der Waals surface area (Å²) in [5.41, 5.74) is 0.550. The fraction of sp³-hybridized carbons (Fsp3) is 0.545. The Balaban J connectivity index is 2.03. The number of carbonyl (C=O) groups is 1. The average molecular weight is 301 g/mol. The first kappa shape index (κ1) is 14.1. The molecule has 1 aromatic heterocycles. The third kappa shape index (κ3) is 4.10. The van der Waals surface area contributed by atoms with Gasteiger partial charge in [0.1, 0.15) is 12.8 Å². The van der Waals surface area contributed by atoms with Crippen LogP contribution in [0.1, 0.15) is 25.5 Å². The van der Waals surface area contributed by atoms with Gasteiger partial charge in [-0.15, -0.1) is 11.3 Å². The highest BCUT2D eigenvalue weighted by Gasteiger charge is 2.23. The molecule has 6 nitrogen and oxygen atoms in total. The molecule has 1 N–H and O–H groups in total. The molecule has 0 amide bonds. The van der Waals surface area contributed by atoms with Gasteiger partial charge in [-0.3, -0.25) is 0 Å². The van der Waals surface area contributed by atoms with E-state index in [-0.39, 0.29) is 12.3 Å². The van der Waals surface area contributed by atoms with Gasteiger partial charge in [-0.25, -0.2) is 9.78 Å². The molecule has 19 heavy (non-hydrogen) atoms. The zero-order chi connectivity index (χ0) is 13.7. The maximum absolute atomic E-state index is 11.7. The zero-order valence-electron chi connectivity index (χ0n) is 10.7. The highest BCUT2D eigenvalue weighted by atomic mass is 32.2. The average Bonchev–Trinajstić information content (AvgIpc) is 3.12. The van der Waals surface area contributed by atoms with Crippen molar-refractivity contribution in [1.29, 1.82) is 0 Å². The van der Waals surface area contributed by atoms with Gasteiger partial charge in [0, 0.05) is 10.6 Å². The van der Waals surface area contributed by atoms with E-state index < -0.39 is 5.97 Å². The van der Waals surface area contributed by atoms with Gasteiger partial charge < -0.3 is 14.3 Å². The Morgan fingerprint density at radius 1 is 1.68 bits per heavy atom. The molecular weight excluding hydrogens is 286 g/mol. The number of thiazole rings is 1. The number of oxime groups is 1. The Labute approximate surface area is 119 Å². The van der Waals surface area contributed by atoms with E-state index in [1.54, 1.807) is 24.3 Å². The highest BCUT2D eigenvalue weighted by molar-refractivity contribution is 8.01. The van der Waals surface area contributed by atoms with Gasteiger partial charge >= 0.3 is 5.97 Å². The van der Waals surface area contributed by atoms with Gasteiger partial charge in [-0.05, 0) is 31.7 Å². The predicted octanol–water partition coefficient (Wildman–Crippen LogP) is 2.28. The SMILES string of the molecule is CCOC(=O)/C(=N/OC)c1csc(NSC2CC2)n1. The Morgan fingerprint density at radius 3 is 3.11 bits per heavy atom. The summed E-state index contributed by atoms with van der Waals surface area (Å²) in [6, 6.07) is 0. The molecule has 1 saturated carbocycles. The van der Waals surface area contributed by atoms with Crippen molar-refractivity contribution in [2.45, 2.75) is 25.0 Å². The van der Waals surface area contributed by atoms with Crippen molar-refractivity contribution in [1.82, 2.24) is 4.98 Å². The molecule has 0 atom stereocenters. The second-order valence-electron chi connectivity index (χ2n) is 3.80. The van der Waals surface area contributed by atoms with Crippen LogP contribution in [0, 0.1) is 0 Å². The number of carbonyl (C=O) groups excluding carboxylic acids is 1. The van der Waals surface area contributed by atoms with Crippen LogP contribution in [0.3, 0.4) is 0 Å². The molecule has 0 saturated heterocycles. The van der Waals surface area contributed by atoms with E-state index in [2.05, 4.69) is 19.7 Å². The number of aromatic nitrogens is 1. The third-order valence-electron chi connectivity index (χ3n) is 2.24. The lowest BCUT2D eigenvalue weighted by Gasteiger charge is -2.02. The Hall–Kier alpha value is -1.28. The van der Waals surface area contributed by atoms with Gasteiger partial charge in [0.05, 0.1) is 6.61 Å². The molecule has 0 unspecified atom stereocenters. The van der Waals surface area contributed by atoms with Crippen molar-refractivity contribution in [2.24, 2.45) is 5.16 Å². The first-order valence-electron chi connectivity index (χ1n) is 5.90. The monoisotopic (exact) mass is 301 g/mol. The number of rotatable bonds is 7. The summed E-state index contributed by atoms with van der Waals surface area (Å²) in [4.78, 5) is 20.7. The summed E-state index contributed by atoms with van der Waals surface area (Å²) in [7, 11) is 1.38. The van der Waals surface area contributed by atoms with E-state index in [4.69, 9.17) is 4.74 Å². The Bertz CT molecular complexity index is 472. The van der Waals surface area contributed by atoms with Crippen molar-refractivity contribution in [2.75, 3.05) is 18.4 Å². The highest BCUT2D eigenvalue weighted by Crippen LogP contribution is 2.35. The standard InChI is InChI=1S/C11H15N3O3S2/c1-3-17-10(15)9(13-16-2)8-6-18-11(12-8)14-19-7-4-5-7/h6-7H,3-5H2,1-2H3,(H,12,14)/b13-9+. The summed E-state index contributed by atoms with van der Waals surface area (Å²) >= 11 is 3.08. The Morgan fingerprint density at radius 2 is 2.47 bits per heavy atom. The lowest BCUT2D eigenvalue weighted by atomic mass is 10.3. The van der Waals surface area contributed by atoms with Crippen molar-refractivity contribution >= 4 is 40.1 Å². The molecule has 0 aromatic carbocycles. The predicted molar refractivity (Wildman–Crippen MR) is 76.5 cm³/mol. The fourth-order valence-electron chi connectivity index (χ4n) is 1.23. The molecule has 1 fully saturated rings. The normalized spacial score (nSPS) is 15.2. The van der Waals surface area contributed by atoms with Gasteiger partial charge in [-0.1, -0.05) is 5.16 Å². The van der Waals surface area contributed by atoms with Crippen LogP contribution in [-0.2, 0) is 14.4 Å². The zero-order valence-corrected chi connectivity index (χ0v) is 12.3. The molecular formula is C11H15N3O3S2. The molecule has 0 radical (unpaired) electrons. The summed E-state index contributed by atoms with van der Waals surface area (Å²) in [5, 5.41) is 6.87. The molecule has 1 aliphatic carbocycles. The molecule has 1 heterocycles. The first-order chi connectivity index (χ1) is 9.24. The van der Waals surface area contributed by atoms with E-state index in [1.165, 1.54) is 31.3 Å². The lowest BCUT2D eigenvalue weighted by molar-refractivity contribution is -0.135. The van der Waals surface area contributed by atoms with E-state index in [1.807, 2.05) is 0 Å². The molecule has 0 spiro atoms. The third-order valence-corrected chi connectivity index (χ3v) is 4.24. The molecule has 8 heteroatoms. The van der Waals surface area contributed by atoms with Crippen LogP contribution < -0.4 is 4.72 Å². The maximum Gasteiger partial charge on any atom is 0.362 e. The van der Waals surface area contributed by atoms with Crippen LogP contribution in [0.15, 0.2) is 10.5 Å². The molecule has 0 bridgehead atoms. The van der Waals surface area contributed by atoms with Gasteiger partial charge in [0.25, 0.3) is 0 Å². The van der Waals surface area contributed by atoms with Crippen LogP contribution in [0.25, 0.3) is 0 Å². The number of nitrogens with zero attached hydrogens (tertiary/aromatic N) is 2. The summed E-state index contributed by atoms with van der Waals surface area (Å²) < 4.78 is 8.09. The summed E-state index contributed by atoms with van der Waals surface area (Å²) in [5.74, 6) is -0.531. The van der Waals surface area contributed by atoms with Crippen LogP contribution >= 0.6 is 23.3 Å². The van der Waals surface area contributed by atoms with E-state index in [9.17, 15) is 4.79 Å². The quantitative estimate of drug-likeness (QED) is 0.360. The van der Waals surface area contributed by atoms with Crippen LogP contribution in [0.2, 0.25) is 0 Å². The van der Waals surface area contributed by atoms with E-state index >= 15 is 0 Å². The van der Waals surface area contributed by atoms with Gasteiger partial charge in [-0.2, -0.15) is 0 Å². The summed E-state index contributed by atoms with van der Waals surface area (Å²) in [6.07, 6.45) is 2.49. The number of hydrogen-bond donors (Lipinski definition) is 1. The molecule has 0 aliphatic heterocycles. The lowest BCUT2D eigenvalue weighted by Crippen LogP contribution is -2.19. The minimum absolute atomic E-state index is 0.0880. The largest absolute Gasteiger partial charge is 0.461 e. The molecule has 1 aromatic rings. The van der Waals surface area contributed by atoms with Gasteiger partial charge in [0.2, 0.25) is 5.71 Å². The van der Waals surface area contributed by atoms with Crippen molar-refractivity contribution in [3.05, 3.63) is 11.1 Å². The number of anilines is 1. The van der Waals surface area contributed by atoms with Gasteiger partial charge in [0.15, 0.2) is 5.13 Å². The molecule has 2 rings (SSSR count). The minimum Gasteiger partial charge on any atom is -0.461 e. The minimum atomic E-state index is -0.531. The smallest absolute Gasteiger partial charge is 0.362 e. The second-order valence-corrected chi connectivity index (χ2v) is 5.76. The Kier molecular flexibility index (Phi) is 5.03. The fourth-order valence-corrected chi connectivity index (χ4v) is 2.79. The van der Waals surface area contributed by atoms with Crippen molar-refractivity contribution in [3.8, 4) is 0 Å². The number of nitrogens with one attached hydrogen (secondary N) is 1. The number of hydrogen-bond acceptors (Lipinski definition) is 8. The molecule has 1 aliphatic rings. The van der Waals surface area contributed by atoms with Crippen LogP contribution in [-0.4, -0.2) is 35.6 Å². The van der Waals surface area contributed by atoms with E-state index in [0.29, 0.717) is 10.9 Å². The summed E-state index contributed by atoms with van der Waals surface area (Å²) in [6.45, 7) is 2.02. The van der Waals surface area contributed by atoms with Crippen LogP contribution in [0.5, 0.6) is 0 Å². The molecule has 104 valence electrons. The van der Waals surface area contributed by atoms with Crippen LogP contribution in [0.4, 0.5) is 5.13 Å².